The van der Waals surface area contributed by atoms with Crippen LogP contribution in [0.15, 0.2) is 18.2 Å². The summed E-state index contributed by atoms with van der Waals surface area (Å²) in [5.41, 5.74) is 0.408. The summed E-state index contributed by atoms with van der Waals surface area (Å²) in [6.45, 7) is 1.94. The van der Waals surface area contributed by atoms with E-state index < -0.39 is 5.54 Å². The second kappa shape index (κ2) is 6.43. The van der Waals surface area contributed by atoms with E-state index in [4.69, 9.17) is 14.2 Å². The van der Waals surface area contributed by atoms with E-state index >= 15 is 0 Å². The van der Waals surface area contributed by atoms with Crippen molar-refractivity contribution in [3.05, 3.63) is 23.8 Å². The highest BCUT2D eigenvalue weighted by Gasteiger charge is 2.29. The van der Waals surface area contributed by atoms with Crippen LogP contribution in [-0.2, 0) is 15.1 Å². The molecule has 0 fully saturated rings. The van der Waals surface area contributed by atoms with E-state index in [-0.39, 0.29) is 12.4 Å². The molecule has 0 aliphatic heterocycles. The van der Waals surface area contributed by atoms with Crippen molar-refractivity contribution in [2.24, 2.45) is 0 Å². The lowest BCUT2D eigenvalue weighted by Crippen LogP contribution is -2.39. The van der Waals surface area contributed by atoms with Crippen LogP contribution < -0.4 is 14.8 Å². The summed E-state index contributed by atoms with van der Waals surface area (Å²) in [5.74, 6) is 1.01. The molecule has 1 unspecified atom stereocenters. The van der Waals surface area contributed by atoms with E-state index in [1.54, 1.807) is 21.3 Å². The van der Waals surface area contributed by atoms with Gasteiger partial charge in [0, 0.05) is 0 Å². The van der Waals surface area contributed by atoms with Gasteiger partial charge in [0.05, 0.1) is 33.3 Å². The van der Waals surface area contributed by atoms with E-state index in [1.165, 1.54) is 7.11 Å². The molecule has 0 heterocycles. The minimum atomic E-state index is -0.521. The molecule has 0 aliphatic carbocycles. The highest BCUT2D eigenvalue weighted by molar-refractivity contribution is 5.71. The topological polar surface area (TPSA) is 56.8 Å². The van der Waals surface area contributed by atoms with Crippen molar-refractivity contribution in [3.63, 3.8) is 0 Å². The molecule has 1 aromatic rings. The summed E-state index contributed by atoms with van der Waals surface area (Å²) >= 11 is 0. The Balaban J connectivity index is 3.14. The van der Waals surface area contributed by atoms with Crippen molar-refractivity contribution in [1.29, 1.82) is 0 Å². The molecule has 1 N–H and O–H groups in total. The molecule has 5 heteroatoms. The third-order valence-electron chi connectivity index (χ3n) is 3.30. The van der Waals surface area contributed by atoms with Gasteiger partial charge in [-0.05, 0) is 31.7 Å². The number of hydrogen-bond acceptors (Lipinski definition) is 5. The van der Waals surface area contributed by atoms with Gasteiger partial charge in [0.1, 0.15) is 0 Å². The maximum Gasteiger partial charge on any atom is 0.307 e. The smallest absolute Gasteiger partial charge is 0.307 e. The van der Waals surface area contributed by atoms with Crippen molar-refractivity contribution >= 4 is 5.97 Å². The van der Waals surface area contributed by atoms with Crippen LogP contribution in [0.4, 0.5) is 0 Å². The molecular formula is C14H21NO4. The number of hydrogen-bond donors (Lipinski definition) is 1. The fourth-order valence-electron chi connectivity index (χ4n) is 1.88. The van der Waals surface area contributed by atoms with Gasteiger partial charge in [-0.3, -0.25) is 4.79 Å². The van der Waals surface area contributed by atoms with Gasteiger partial charge < -0.3 is 19.5 Å². The summed E-state index contributed by atoms with van der Waals surface area (Å²) in [7, 11) is 6.36. The normalized spacial score (nSPS) is 13.5. The average Bonchev–Trinajstić information content (AvgIpc) is 2.45. The lowest BCUT2D eigenvalue weighted by Gasteiger charge is -2.29. The Morgan fingerprint density at radius 1 is 1.21 bits per heavy atom. The number of carbonyl (C=O) groups is 1. The summed E-state index contributed by atoms with van der Waals surface area (Å²) in [4.78, 5) is 11.5. The van der Waals surface area contributed by atoms with Crippen molar-refractivity contribution in [2.75, 3.05) is 28.4 Å². The Hall–Kier alpha value is -1.75. The Labute approximate surface area is 113 Å². The fraction of sp³-hybridized carbons (Fsp3) is 0.500. The monoisotopic (exact) mass is 267 g/mol. The zero-order valence-electron chi connectivity index (χ0n) is 12.1. The van der Waals surface area contributed by atoms with Gasteiger partial charge in [-0.25, -0.2) is 0 Å². The zero-order valence-corrected chi connectivity index (χ0v) is 12.1. The van der Waals surface area contributed by atoms with Crippen LogP contribution in [0.25, 0.3) is 0 Å². The zero-order chi connectivity index (χ0) is 14.5. The van der Waals surface area contributed by atoms with Crippen molar-refractivity contribution < 1.29 is 19.0 Å². The number of methoxy groups -OCH3 is 3. The molecule has 106 valence electrons. The molecule has 0 saturated heterocycles. The van der Waals surface area contributed by atoms with Crippen molar-refractivity contribution in [1.82, 2.24) is 5.32 Å². The molecule has 5 nitrogen and oxygen atoms in total. The first-order valence-corrected chi connectivity index (χ1v) is 5.99. The predicted molar refractivity (Wildman–Crippen MR) is 72.6 cm³/mol. The van der Waals surface area contributed by atoms with Crippen LogP contribution in [0.2, 0.25) is 0 Å². The standard InChI is InChI=1S/C14H21NO4/c1-14(15-2,9-13(16)19-5)10-6-7-11(17-3)12(8-10)18-4/h6-8,15H,9H2,1-5H3. The molecule has 0 aromatic heterocycles. The van der Waals surface area contributed by atoms with Crippen LogP contribution in [0.5, 0.6) is 11.5 Å². The van der Waals surface area contributed by atoms with Gasteiger partial charge in [0.15, 0.2) is 11.5 Å². The molecule has 1 atom stereocenters. The third-order valence-corrected chi connectivity index (χ3v) is 3.30. The number of ether oxygens (including phenoxy) is 3. The molecule has 0 radical (unpaired) electrons. The molecule has 1 aromatic carbocycles. The van der Waals surface area contributed by atoms with Crippen LogP contribution in [-0.4, -0.2) is 34.3 Å². The SMILES string of the molecule is CNC(C)(CC(=O)OC)c1ccc(OC)c(OC)c1. The van der Waals surface area contributed by atoms with Crippen molar-refractivity contribution in [2.45, 2.75) is 18.9 Å². The highest BCUT2D eigenvalue weighted by Crippen LogP contribution is 2.33. The van der Waals surface area contributed by atoms with E-state index in [0.29, 0.717) is 11.5 Å². The second-order valence-electron chi connectivity index (χ2n) is 4.40. The van der Waals surface area contributed by atoms with E-state index in [1.807, 2.05) is 25.1 Å². The summed E-state index contributed by atoms with van der Waals surface area (Å²) in [6, 6.07) is 5.58. The van der Waals surface area contributed by atoms with Gasteiger partial charge in [-0.15, -0.1) is 0 Å². The quantitative estimate of drug-likeness (QED) is 0.795. The van der Waals surface area contributed by atoms with Crippen LogP contribution in [0.1, 0.15) is 18.9 Å². The Morgan fingerprint density at radius 2 is 1.84 bits per heavy atom. The number of nitrogens with one attached hydrogen (secondary N) is 1. The molecule has 19 heavy (non-hydrogen) atoms. The highest BCUT2D eigenvalue weighted by atomic mass is 16.5. The van der Waals surface area contributed by atoms with Gasteiger partial charge >= 0.3 is 5.97 Å². The van der Waals surface area contributed by atoms with E-state index in [2.05, 4.69) is 5.32 Å². The summed E-state index contributed by atoms with van der Waals surface area (Å²) < 4.78 is 15.2. The molecular weight excluding hydrogens is 246 g/mol. The maximum absolute atomic E-state index is 11.5. The Kier molecular flexibility index (Phi) is 5.18. The van der Waals surface area contributed by atoms with Gasteiger partial charge in [-0.1, -0.05) is 6.07 Å². The largest absolute Gasteiger partial charge is 0.493 e. The van der Waals surface area contributed by atoms with Crippen LogP contribution in [0, 0.1) is 0 Å². The van der Waals surface area contributed by atoms with Crippen molar-refractivity contribution in [3.8, 4) is 11.5 Å². The third kappa shape index (κ3) is 3.38. The van der Waals surface area contributed by atoms with Gasteiger partial charge in [0.25, 0.3) is 0 Å². The predicted octanol–water partition coefficient (Wildman–Crippen LogP) is 1.70. The second-order valence-corrected chi connectivity index (χ2v) is 4.40. The first-order chi connectivity index (χ1) is 9.00. The van der Waals surface area contributed by atoms with Crippen LogP contribution >= 0.6 is 0 Å². The van der Waals surface area contributed by atoms with Gasteiger partial charge in [0.2, 0.25) is 0 Å². The molecule has 0 saturated carbocycles. The number of rotatable bonds is 6. The molecule has 0 spiro atoms. The van der Waals surface area contributed by atoms with E-state index in [9.17, 15) is 4.79 Å². The lowest BCUT2D eigenvalue weighted by atomic mass is 9.88. The molecule has 0 bridgehead atoms. The number of esters is 1. The summed E-state index contributed by atoms with van der Waals surface area (Å²) in [5, 5.41) is 3.15. The van der Waals surface area contributed by atoms with E-state index in [0.717, 1.165) is 5.56 Å². The first kappa shape index (κ1) is 15.3. The van der Waals surface area contributed by atoms with Gasteiger partial charge in [-0.2, -0.15) is 0 Å². The molecule has 1 rings (SSSR count). The molecule has 0 aliphatic rings. The first-order valence-electron chi connectivity index (χ1n) is 5.99. The Morgan fingerprint density at radius 3 is 2.32 bits per heavy atom. The minimum Gasteiger partial charge on any atom is -0.493 e. The molecule has 0 amide bonds. The average molecular weight is 267 g/mol. The van der Waals surface area contributed by atoms with Crippen LogP contribution in [0.3, 0.4) is 0 Å². The number of benzene rings is 1. The Bertz CT molecular complexity index is 447. The number of carbonyl (C=O) groups excluding carboxylic acids is 1. The maximum atomic E-state index is 11.5. The summed E-state index contributed by atoms with van der Waals surface area (Å²) in [6.07, 6.45) is 0.232. The minimum absolute atomic E-state index is 0.232. The fourth-order valence-corrected chi connectivity index (χ4v) is 1.88. The lowest BCUT2D eigenvalue weighted by molar-refractivity contribution is -0.142.